The van der Waals surface area contributed by atoms with Gasteiger partial charge in [0, 0.05) is 12.0 Å². The quantitative estimate of drug-likeness (QED) is 0.805. The molecule has 0 saturated carbocycles. The SMILES string of the molecule is C[C@@]1(CO)O[C@H]1C[C@H]1O[C@@H](c2ccccc2)OC[C@@H]1O. The first-order valence-electron chi connectivity index (χ1n) is 6.91. The summed E-state index contributed by atoms with van der Waals surface area (Å²) in [5.41, 5.74) is 0.454. The summed E-state index contributed by atoms with van der Waals surface area (Å²) in [4.78, 5) is 0. The van der Waals surface area contributed by atoms with E-state index in [0.717, 1.165) is 5.56 Å². The van der Waals surface area contributed by atoms with E-state index in [9.17, 15) is 10.2 Å². The highest BCUT2D eigenvalue weighted by molar-refractivity contribution is 5.16. The molecular formula is C15H20O5. The minimum atomic E-state index is -0.665. The number of rotatable bonds is 4. The van der Waals surface area contributed by atoms with E-state index in [2.05, 4.69) is 0 Å². The molecule has 5 atom stereocenters. The molecule has 2 saturated heterocycles. The van der Waals surface area contributed by atoms with E-state index in [4.69, 9.17) is 14.2 Å². The third kappa shape index (κ3) is 2.73. The fourth-order valence-electron chi connectivity index (χ4n) is 2.52. The Kier molecular flexibility index (Phi) is 3.79. The zero-order valence-corrected chi connectivity index (χ0v) is 11.4. The molecule has 110 valence electrons. The molecule has 2 fully saturated rings. The summed E-state index contributed by atoms with van der Waals surface area (Å²) in [6.45, 7) is 2.09. The molecule has 5 nitrogen and oxygen atoms in total. The minimum absolute atomic E-state index is 0.0148. The third-order valence-electron chi connectivity index (χ3n) is 4.01. The van der Waals surface area contributed by atoms with Crippen LogP contribution in [0.15, 0.2) is 30.3 Å². The Morgan fingerprint density at radius 1 is 1.30 bits per heavy atom. The van der Waals surface area contributed by atoms with Gasteiger partial charge in [0.2, 0.25) is 0 Å². The zero-order valence-electron chi connectivity index (χ0n) is 11.4. The first-order chi connectivity index (χ1) is 9.62. The molecule has 20 heavy (non-hydrogen) atoms. The predicted molar refractivity (Wildman–Crippen MR) is 71.0 cm³/mol. The van der Waals surface area contributed by atoms with Crippen molar-refractivity contribution < 1.29 is 24.4 Å². The highest BCUT2D eigenvalue weighted by Gasteiger charge is 2.53. The number of hydrogen-bond donors (Lipinski definition) is 2. The summed E-state index contributed by atoms with van der Waals surface area (Å²) in [7, 11) is 0. The molecule has 1 aromatic rings. The summed E-state index contributed by atoms with van der Waals surface area (Å²) in [6.07, 6.45) is -0.967. The van der Waals surface area contributed by atoms with Crippen LogP contribution in [0.25, 0.3) is 0 Å². The van der Waals surface area contributed by atoms with Gasteiger partial charge in [0.25, 0.3) is 0 Å². The summed E-state index contributed by atoms with van der Waals surface area (Å²) in [6, 6.07) is 9.66. The number of ether oxygens (including phenoxy) is 3. The molecule has 0 bridgehead atoms. The molecule has 0 radical (unpaired) electrons. The van der Waals surface area contributed by atoms with Gasteiger partial charge in [-0.1, -0.05) is 30.3 Å². The summed E-state index contributed by atoms with van der Waals surface area (Å²) in [5.74, 6) is 0. The van der Waals surface area contributed by atoms with Crippen LogP contribution in [0.1, 0.15) is 25.2 Å². The van der Waals surface area contributed by atoms with E-state index in [0.29, 0.717) is 6.42 Å². The first kappa shape index (κ1) is 14.0. The van der Waals surface area contributed by atoms with Crippen LogP contribution < -0.4 is 0 Å². The normalized spacial score (nSPS) is 40.5. The molecule has 5 heteroatoms. The number of epoxide rings is 1. The van der Waals surface area contributed by atoms with Crippen molar-refractivity contribution >= 4 is 0 Å². The van der Waals surface area contributed by atoms with E-state index in [1.807, 2.05) is 37.3 Å². The Labute approximate surface area is 118 Å². The van der Waals surface area contributed by atoms with Crippen LogP contribution >= 0.6 is 0 Å². The topological polar surface area (TPSA) is 71.5 Å². The maximum absolute atomic E-state index is 9.99. The lowest BCUT2D eigenvalue weighted by Gasteiger charge is -2.34. The smallest absolute Gasteiger partial charge is 0.184 e. The van der Waals surface area contributed by atoms with Crippen molar-refractivity contribution in [1.29, 1.82) is 0 Å². The molecule has 0 unspecified atom stereocenters. The molecule has 1 aromatic carbocycles. The second-order valence-corrected chi connectivity index (χ2v) is 5.63. The number of hydrogen-bond acceptors (Lipinski definition) is 5. The van der Waals surface area contributed by atoms with Gasteiger partial charge in [-0.25, -0.2) is 0 Å². The Morgan fingerprint density at radius 3 is 2.70 bits per heavy atom. The molecule has 2 N–H and O–H groups in total. The van der Waals surface area contributed by atoms with E-state index >= 15 is 0 Å². The van der Waals surface area contributed by atoms with Crippen molar-refractivity contribution in [1.82, 2.24) is 0 Å². The van der Waals surface area contributed by atoms with Gasteiger partial charge in [-0.05, 0) is 6.92 Å². The molecule has 2 heterocycles. The van der Waals surface area contributed by atoms with Crippen molar-refractivity contribution in [3.8, 4) is 0 Å². The Morgan fingerprint density at radius 2 is 2.05 bits per heavy atom. The fraction of sp³-hybridized carbons (Fsp3) is 0.600. The largest absolute Gasteiger partial charge is 0.393 e. The predicted octanol–water partition coefficient (Wildman–Crippen LogP) is 1.00. The minimum Gasteiger partial charge on any atom is -0.393 e. The number of aliphatic hydroxyl groups is 2. The standard InChI is InChI=1S/C15H20O5/c1-15(9-16)13(20-15)7-12-11(17)8-18-14(19-12)10-5-3-2-4-6-10/h2-6,11-14,16-17H,7-9H2,1H3/t11-,12+,13-,14-,15-/m0/s1. The van der Waals surface area contributed by atoms with Crippen LogP contribution in [-0.2, 0) is 14.2 Å². The molecule has 0 aliphatic carbocycles. The van der Waals surface area contributed by atoms with Gasteiger partial charge in [0.15, 0.2) is 6.29 Å². The zero-order chi connectivity index (χ0) is 14.2. The van der Waals surface area contributed by atoms with Gasteiger partial charge in [0.05, 0.1) is 25.4 Å². The lowest BCUT2D eigenvalue weighted by molar-refractivity contribution is -0.258. The van der Waals surface area contributed by atoms with Gasteiger partial charge >= 0.3 is 0 Å². The Hall–Kier alpha value is -0.980. The molecule has 0 aromatic heterocycles. The second-order valence-electron chi connectivity index (χ2n) is 5.63. The van der Waals surface area contributed by atoms with E-state index in [1.54, 1.807) is 0 Å². The lowest BCUT2D eigenvalue weighted by Crippen LogP contribution is -2.41. The highest BCUT2D eigenvalue weighted by Crippen LogP contribution is 2.41. The van der Waals surface area contributed by atoms with Crippen molar-refractivity contribution in [2.45, 2.75) is 43.5 Å². The van der Waals surface area contributed by atoms with E-state index in [-0.39, 0.29) is 25.4 Å². The lowest BCUT2D eigenvalue weighted by atomic mass is 10.0. The second kappa shape index (κ2) is 5.42. The number of aliphatic hydroxyl groups excluding tert-OH is 2. The summed E-state index contributed by atoms with van der Waals surface area (Å²) < 4.78 is 16.8. The van der Waals surface area contributed by atoms with E-state index < -0.39 is 18.0 Å². The molecule has 3 rings (SSSR count). The Bertz CT molecular complexity index is 451. The summed E-state index contributed by atoms with van der Waals surface area (Å²) in [5, 5.41) is 19.2. The van der Waals surface area contributed by atoms with Gasteiger partial charge in [-0.3, -0.25) is 0 Å². The maximum Gasteiger partial charge on any atom is 0.184 e. The van der Waals surface area contributed by atoms with Crippen LogP contribution in [0.5, 0.6) is 0 Å². The summed E-state index contributed by atoms with van der Waals surface area (Å²) >= 11 is 0. The van der Waals surface area contributed by atoms with Crippen LogP contribution in [-0.4, -0.2) is 47.3 Å². The average molecular weight is 280 g/mol. The van der Waals surface area contributed by atoms with Gasteiger partial charge in [-0.15, -0.1) is 0 Å². The van der Waals surface area contributed by atoms with Crippen LogP contribution in [0, 0.1) is 0 Å². The monoisotopic (exact) mass is 280 g/mol. The van der Waals surface area contributed by atoms with Crippen LogP contribution in [0.2, 0.25) is 0 Å². The number of benzene rings is 1. The highest BCUT2D eigenvalue weighted by atomic mass is 16.7. The molecule has 0 amide bonds. The van der Waals surface area contributed by atoms with Gasteiger partial charge in [-0.2, -0.15) is 0 Å². The molecule has 2 aliphatic rings. The van der Waals surface area contributed by atoms with Crippen molar-refractivity contribution in [2.75, 3.05) is 13.2 Å². The van der Waals surface area contributed by atoms with Crippen molar-refractivity contribution in [3.05, 3.63) is 35.9 Å². The van der Waals surface area contributed by atoms with E-state index in [1.165, 1.54) is 0 Å². The molecular weight excluding hydrogens is 260 g/mol. The molecule has 2 aliphatic heterocycles. The van der Waals surface area contributed by atoms with Crippen LogP contribution in [0.3, 0.4) is 0 Å². The average Bonchev–Trinajstić information content (AvgIpc) is 3.13. The van der Waals surface area contributed by atoms with Gasteiger partial charge < -0.3 is 24.4 Å². The third-order valence-corrected chi connectivity index (χ3v) is 4.01. The fourth-order valence-corrected chi connectivity index (χ4v) is 2.52. The van der Waals surface area contributed by atoms with Gasteiger partial charge in [0.1, 0.15) is 11.7 Å². The van der Waals surface area contributed by atoms with Crippen molar-refractivity contribution in [3.63, 3.8) is 0 Å². The Balaban J connectivity index is 1.63. The first-order valence-corrected chi connectivity index (χ1v) is 6.91. The van der Waals surface area contributed by atoms with Crippen LogP contribution in [0.4, 0.5) is 0 Å². The maximum atomic E-state index is 9.99. The van der Waals surface area contributed by atoms with Crippen molar-refractivity contribution in [2.24, 2.45) is 0 Å². The molecule has 0 spiro atoms.